The molecule has 0 saturated carbocycles. The van der Waals surface area contributed by atoms with E-state index in [1.165, 1.54) is 0 Å². The molecule has 0 aromatic rings. The second kappa shape index (κ2) is 5.40. The van der Waals surface area contributed by atoms with Crippen LogP contribution in [0.3, 0.4) is 0 Å². The third-order valence-corrected chi connectivity index (χ3v) is 6.67. The summed E-state index contributed by atoms with van der Waals surface area (Å²) in [6.45, 7) is 9.05. The van der Waals surface area contributed by atoms with E-state index in [9.17, 15) is 0 Å². The summed E-state index contributed by atoms with van der Waals surface area (Å²) < 4.78 is 1.94. The molecule has 0 bridgehead atoms. The van der Waals surface area contributed by atoms with E-state index in [0.717, 1.165) is 0 Å². The highest BCUT2D eigenvalue weighted by molar-refractivity contribution is 14.5. The van der Waals surface area contributed by atoms with Gasteiger partial charge >= 0.3 is 0 Å². The fraction of sp³-hybridized carbons (Fsp3) is 1.00. The number of hydrogen-bond donors (Lipinski definition) is 0. The zero-order valence-electron chi connectivity index (χ0n) is 7.14. The summed E-state index contributed by atoms with van der Waals surface area (Å²) >= 11 is 7.66. The van der Waals surface area contributed by atoms with Gasteiger partial charge in [-0.25, -0.2) is 4.31 Å². The molecule has 0 aliphatic heterocycles. The Morgan fingerprint density at radius 2 is 1.18 bits per heavy atom. The Labute approximate surface area is 108 Å². The smallest absolute Gasteiger partial charge is 0.0154 e. The van der Waals surface area contributed by atoms with Gasteiger partial charge in [-0.05, 0) is 29.4 Å². The largest absolute Gasteiger partial charge is 0.239 e. The minimum absolute atomic E-state index is 0.620. The van der Waals surface area contributed by atoms with Crippen LogP contribution in [0.4, 0.5) is 0 Å². The zero-order chi connectivity index (χ0) is 9.23. The second-order valence-electron chi connectivity index (χ2n) is 2.93. The quantitative estimate of drug-likeness (QED) is 0.488. The third-order valence-electron chi connectivity index (χ3n) is 1.26. The molecule has 0 aliphatic rings. The normalized spacial score (nSPS) is 15.1. The van der Waals surface area contributed by atoms with Crippen molar-refractivity contribution >= 4 is 65.3 Å². The summed E-state index contributed by atoms with van der Waals surface area (Å²) in [6, 6.07) is 1.30. The van der Waals surface area contributed by atoms with Gasteiger partial charge in [0.15, 0.2) is 0 Å². The third kappa shape index (κ3) is 5.06. The maximum atomic E-state index is 2.56. The second-order valence-corrected chi connectivity index (χ2v) is 30.8. The molecule has 1 nitrogen and oxygen atoms in total. The van der Waals surface area contributed by atoms with Gasteiger partial charge in [0.25, 0.3) is 0 Å². The Balaban J connectivity index is 4.35. The van der Waals surface area contributed by atoms with Crippen LogP contribution in [-0.2, 0) is 0 Å². The summed E-state index contributed by atoms with van der Waals surface area (Å²) in [7, 11) is 0. The Bertz CT molecular complexity index is 113. The highest BCUT2D eigenvalue weighted by Gasteiger charge is 2.27. The molecule has 0 unspecified atom stereocenters. The van der Waals surface area contributed by atoms with Crippen LogP contribution in [0.15, 0.2) is 0 Å². The SMILES string of the molecule is CC(C)N(C(C)C)S(I)(I)I. The summed E-state index contributed by atoms with van der Waals surface area (Å²) in [5.41, 5.74) is 0. The predicted octanol–water partition coefficient (Wildman–Crippen LogP) is 4.87. The zero-order valence-corrected chi connectivity index (χ0v) is 14.4. The van der Waals surface area contributed by atoms with E-state index in [-0.39, 0.29) is 0 Å². The van der Waals surface area contributed by atoms with Crippen LogP contribution in [0.2, 0.25) is 0 Å². The van der Waals surface area contributed by atoms with Crippen molar-refractivity contribution in [3.8, 4) is 0 Å². The maximum Gasteiger partial charge on any atom is 0.0154 e. The Hall–Kier alpha value is 2.50. The van der Waals surface area contributed by atoms with E-state index in [1.807, 2.05) is 0 Å². The Morgan fingerprint density at radius 3 is 1.18 bits per heavy atom. The van der Waals surface area contributed by atoms with Crippen molar-refractivity contribution in [3.05, 3.63) is 0 Å². The van der Waals surface area contributed by atoms with E-state index in [4.69, 9.17) is 0 Å². The molecule has 0 amide bonds. The lowest BCUT2D eigenvalue weighted by Crippen LogP contribution is -2.33. The van der Waals surface area contributed by atoms with Gasteiger partial charge in [-0.3, -0.25) is 0 Å². The number of rotatable bonds is 3. The summed E-state index contributed by atoms with van der Waals surface area (Å²) in [6.07, 6.45) is 0. The van der Waals surface area contributed by atoms with Gasteiger partial charge in [0.05, 0.1) is 0 Å². The molecule has 0 radical (unpaired) electrons. The Morgan fingerprint density at radius 1 is 0.909 bits per heavy atom. The topological polar surface area (TPSA) is 3.24 Å². The molecule has 0 atom stereocenters. The van der Waals surface area contributed by atoms with E-state index < -0.39 is 1.73 Å². The summed E-state index contributed by atoms with van der Waals surface area (Å²) in [4.78, 5) is 0. The lowest BCUT2D eigenvalue weighted by Gasteiger charge is -2.40. The van der Waals surface area contributed by atoms with Crippen LogP contribution in [-0.4, -0.2) is 16.4 Å². The van der Waals surface area contributed by atoms with Gasteiger partial charge in [-0.2, -0.15) is 0 Å². The van der Waals surface area contributed by atoms with E-state index >= 15 is 0 Å². The molecular weight excluding hydrogens is 499 g/mol. The van der Waals surface area contributed by atoms with Crippen LogP contribution in [0, 0.1) is 0 Å². The van der Waals surface area contributed by atoms with E-state index in [2.05, 4.69) is 95.6 Å². The Kier molecular flexibility index (Phi) is 6.62. The van der Waals surface area contributed by atoms with Crippen molar-refractivity contribution in [3.63, 3.8) is 0 Å². The van der Waals surface area contributed by atoms with Crippen molar-refractivity contribution < 1.29 is 0 Å². The summed E-state index contributed by atoms with van der Waals surface area (Å²) in [5.74, 6) is 0. The minimum atomic E-state index is -0.620. The monoisotopic (exact) mass is 513 g/mol. The molecule has 0 heterocycles. The van der Waals surface area contributed by atoms with Crippen molar-refractivity contribution in [2.24, 2.45) is 0 Å². The van der Waals surface area contributed by atoms with E-state index in [0.29, 0.717) is 12.1 Å². The van der Waals surface area contributed by atoms with Crippen LogP contribution >= 0.6 is 65.3 Å². The first kappa shape index (κ1) is 13.5. The lowest BCUT2D eigenvalue weighted by molar-refractivity contribution is 0.338. The number of hydrogen-bond acceptors (Lipinski definition) is 1. The highest BCUT2D eigenvalue weighted by Crippen LogP contribution is 2.74. The molecule has 0 N–H and O–H groups in total. The first-order valence-corrected chi connectivity index (χ1v) is 12.7. The van der Waals surface area contributed by atoms with Crippen molar-refractivity contribution in [1.82, 2.24) is 4.31 Å². The molecular formula is C6H14I3NS. The van der Waals surface area contributed by atoms with Crippen LogP contribution < -0.4 is 0 Å². The minimum Gasteiger partial charge on any atom is -0.239 e. The van der Waals surface area contributed by atoms with Crippen LogP contribution in [0.25, 0.3) is 0 Å². The van der Waals surface area contributed by atoms with Gasteiger partial charge in [0.2, 0.25) is 0 Å². The van der Waals surface area contributed by atoms with Gasteiger partial charge in [0, 0.05) is 75.7 Å². The van der Waals surface area contributed by atoms with Crippen LogP contribution in [0.5, 0.6) is 0 Å². The molecule has 5 heteroatoms. The van der Waals surface area contributed by atoms with E-state index in [1.54, 1.807) is 0 Å². The summed E-state index contributed by atoms with van der Waals surface area (Å²) in [5, 5.41) is 0. The fourth-order valence-electron chi connectivity index (χ4n) is 1.07. The van der Waals surface area contributed by atoms with Gasteiger partial charge in [-0.15, -0.1) is 0 Å². The molecule has 0 aromatic carbocycles. The molecule has 70 valence electrons. The van der Waals surface area contributed by atoms with Crippen molar-refractivity contribution in [2.75, 3.05) is 0 Å². The van der Waals surface area contributed by atoms with Crippen molar-refractivity contribution in [1.29, 1.82) is 0 Å². The fourth-order valence-corrected chi connectivity index (χ4v) is 10.2. The molecule has 0 aromatic heterocycles. The average Bonchev–Trinajstić information content (AvgIpc) is 1.54. The predicted molar refractivity (Wildman–Crippen MR) is 81.8 cm³/mol. The van der Waals surface area contributed by atoms with Crippen molar-refractivity contribution in [2.45, 2.75) is 39.8 Å². The van der Waals surface area contributed by atoms with Crippen LogP contribution in [0.1, 0.15) is 27.7 Å². The van der Waals surface area contributed by atoms with Gasteiger partial charge in [-0.1, -0.05) is 0 Å². The molecule has 11 heavy (non-hydrogen) atoms. The average molecular weight is 513 g/mol. The first-order valence-electron chi connectivity index (χ1n) is 3.47. The standard InChI is InChI=1S/C6H14I3NS/c1-5(2)10(6(3)4)11(7,8)9/h5-6H,1-4H3. The van der Waals surface area contributed by atoms with Gasteiger partial charge in [0.1, 0.15) is 0 Å². The molecule has 0 saturated heterocycles. The number of halogens is 3. The molecule has 0 aliphatic carbocycles. The number of nitrogens with zero attached hydrogens (tertiary/aromatic N) is 1. The first-order chi connectivity index (χ1) is 4.76. The molecule has 0 rings (SSSR count). The highest BCUT2D eigenvalue weighted by atomic mass is 127. The maximum absolute atomic E-state index is 2.56. The van der Waals surface area contributed by atoms with Gasteiger partial charge < -0.3 is 0 Å². The lowest BCUT2D eigenvalue weighted by atomic mass is 10.3. The molecule has 0 fully saturated rings. The molecule has 0 spiro atoms.